The van der Waals surface area contributed by atoms with Gasteiger partial charge in [-0.15, -0.1) is 0 Å². The van der Waals surface area contributed by atoms with Crippen molar-refractivity contribution in [2.45, 2.75) is 26.7 Å². The number of sulfonamides is 1. The van der Waals surface area contributed by atoms with Gasteiger partial charge in [-0.25, -0.2) is 8.42 Å². The Bertz CT molecular complexity index is 778. The third kappa shape index (κ3) is 4.68. The van der Waals surface area contributed by atoms with Crippen molar-refractivity contribution < 1.29 is 18.1 Å². The van der Waals surface area contributed by atoms with E-state index in [1.54, 1.807) is 11.8 Å². The van der Waals surface area contributed by atoms with E-state index >= 15 is 0 Å². The molecule has 0 unspecified atom stereocenters. The number of anilines is 1. The number of piperidine rings is 1. The second-order valence-corrected chi connectivity index (χ2v) is 8.49. The van der Waals surface area contributed by atoms with Crippen LogP contribution in [-0.4, -0.2) is 50.0 Å². The Balaban J connectivity index is 2.33. The first kappa shape index (κ1) is 19.2. The van der Waals surface area contributed by atoms with E-state index in [1.165, 1.54) is 18.2 Å². The predicted octanol–water partition coefficient (Wildman–Crippen LogP) is 1.93. The third-order valence-corrected chi connectivity index (χ3v) is 5.49. The largest absolute Gasteiger partial charge is 0.341 e. The first-order valence-corrected chi connectivity index (χ1v) is 9.95. The molecule has 138 valence electrons. The van der Waals surface area contributed by atoms with E-state index in [0.717, 1.165) is 23.4 Å². The molecule has 1 saturated heterocycles. The van der Waals surface area contributed by atoms with Gasteiger partial charge in [0.25, 0.3) is 5.69 Å². The predicted molar refractivity (Wildman–Crippen MR) is 95.0 cm³/mol. The van der Waals surface area contributed by atoms with Gasteiger partial charge in [0.1, 0.15) is 6.54 Å². The van der Waals surface area contributed by atoms with Crippen LogP contribution in [0.3, 0.4) is 0 Å². The van der Waals surface area contributed by atoms with Gasteiger partial charge in [-0.2, -0.15) is 0 Å². The fraction of sp³-hybridized carbons (Fsp3) is 0.562. The number of carbonyl (C=O) groups is 1. The normalized spacial score (nSPS) is 18.0. The summed E-state index contributed by atoms with van der Waals surface area (Å²) >= 11 is 0. The van der Waals surface area contributed by atoms with Crippen molar-refractivity contribution in [1.82, 2.24) is 4.90 Å². The molecular weight excluding hydrogens is 346 g/mol. The summed E-state index contributed by atoms with van der Waals surface area (Å²) in [5.41, 5.74) is 0.499. The summed E-state index contributed by atoms with van der Waals surface area (Å²) in [7, 11) is -3.77. The lowest BCUT2D eigenvalue weighted by atomic mass is 10.0. The van der Waals surface area contributed by atoms with Crippen LogP contribution in [0, 0.1) is 23.0 Å². The Labute approximate surface area is 147 Å². The molecule has 0 spiro atoms. The zero-order valence-electron chi connectivity index (χ0n) is 14.6. The molecular formula is C16H23N3O5S. The molecule has 25 heavy (non-hydrogen) atoms. The van der Waals surface area contributed by atoms with Crippen LogP contribution < -0.4 is 4.31 Å². The molecule has 1 aliphatic rings. The number of rotatable bonds is 5. The molecule has 0 saturated carbocycles. The molecule has 0 bridgehead atoms. The van der Waals surface area contributed by atoms with Crippen molar-refractivity contribution in [3.8, 4) is 0 Å². The highest BCUT2D eigenvalue weighted by molar-refractivity contribution is 7.92. The topological polar surface area (TPSA) is 101 Å². The highest BCUT2D eigenvalue weighted by atomic mass is 32.2. The smallest absolute Gasteiger partial charge is 0.271 e. The minimum Gasteiger partial charge on any atom is -0.341 e. The van der Waals surface area contributed by atoms with E-state index in [9.17, 15) is 23.3 Å². The van der Waals surface area contributed by atoms with Crippen LogP contribution in [0.2, 0.25) is 0 Å². The molecule has 0 radical (unpaired) electrons. The number of nitro benzene ring substituents is 1. The maximum Gasteiger partial charge on any atom is 0.271 e. The van der Waals surface area contributed by atoms with Crippen LogP contribution in [0.1, 0.15) is 25.3 Å². The van der Waals surface area contributed by atoms with Gasteiger partial charge in [0, 0.05) is 25.2 Å². The van der Waals surface area contributed by atoms with E-state index in [0.29, 0.717) is 24.6 Å². The maximum atomic E-state index is 12.6. The van der Waals surface area contributed by atoms with Gasteiger partial charge in [0.2, 0.25) is 15.9 Å². The minimum atomic E-state index is -3.77. The standard InChI is InChI=1S/C16H23N3O5S/c1-12-5-4-8-17(10-12)16(20)11-18(25(3,23)24)15-9-14(19(21)22)7-6-13(15)2/h6-7,9,12H,4-5,8,10-11H2,1-3H3/t12-/m1/s1. The van der Waals surface area contributed by atoms with Crippen molar-refractivity contribution in [3.63, 3.8) is 0 Å². The molecule has 1 fully saturated rings. The summed E-state index contributed by atoms with van der Waals surface area (Å²) in [5.74, 6) is 0.0896. The molecule has 1 heterocycles. The quantitative estimate of drug-likeness (QED) is 0.583. The molecule has 1 aromatic carbocycles. The zero-order valence-corrected chi connectivity index (χ0v) is 15.5. The van der Waals surface area contributed by atoms with E-state index in [1.807, 2.05) is 0 Å². The lowest BCUT2D eigenvalue weighted by Gasteiger charge is -2.33. The highest BCUT2D eigenvalue weighted by Gasteiger charge is 2.28. The average Bonchev–Trinajstić information content (AvgIpc) is 2.52. The molecule has 1 aromatic rings. The Morgan fingerprint density at radius 3 is 2.68 bits per heavy atom. The van der Waals surface area contributed by atoms with Crippen LogP contribution in [-0.2, 0) is 14.8 Å². The molecule has 2 rings (SSSR count). The fourth-order valence-electron chi connectivity index (χ4n) is 3.00. The summed E-state index contributed by atoms with van der Waals surface area (Å²) in [5, 5.41) is 11.0. The number of hydrogen-bond acceptors (Lipinski definition) is 5. The highest BCUT2D eigenvalue weighted by Crippen LogP contribution is 2.28. The second-order valence-electron chi connectivity index (χ2n) is 6.58. The Kier molecular flexibility index (Phi) is 5.66. The van der Waals surface area contributed by atoms with Gasteiger partial charge in [-0.05, 0) is 31.2 Å². The fourth-order valence-corrected chi connectivity index (χ4v) is 3.90. The average molecular weight is 369 g/mol. The van der Waals surface area contributed by atoms with E-state index < -0.39 is 14.9 Å². The molecule has 0 aromatic heterocycles. The number of hydrogen-bond donors (Lipinski definition) is 0. The van der Waals surface area contributed by atoms with Gasteiger partial charge in [-0.3, -0.25) is 19.2 Å². The van der Waals surface area contributed by atoms with Gasteiger partial charge in [-0.1, -0.05) is 13.0 Å². The number of amides is 1. The summed E-state index contributed by atoms with van der Waals surface area (Å²) in [6, 6.07) is 4.00. The Morgan fingerprint density at radius 2 is 2.12 bits per heavy atom. The SMILES string of the molecule is Cc1ccc([N+](=O)[O-])cc1N(CC(=O)N1CCC[C@@H](C)C1)S(C)(=O)=O. The Morgan fingerprint density at radius 1 is 1.44 bits per heavy atom. The molecule has 9 heteroatoms. The first-order chi connectivity index (χ1) is 11.6. The second kappa shape index (κ2) is 7.38. The molecule has 1 atom stereocenters. The summed E-state index contributed by atoms with van der Waals surface area (Å²) in [6.07, 6.45) is 2.93. The van der Waals surface area contributed by atoms with Gasteiger partial charge in [0.05, 0.1) is 16.9 Å². The van der Waals surface area contributed by atoms with Gasteiger partial charge >= 0.3 is 0 Å². The number of benzene rings is 1. The van der Waals surface area contributed by atoms with Gasteiger partial charge in [0.15, 0.2) is 0 Å². The summed E-state index contributed by atoms with van der Waals surface area (Å²) < 4.78 is 25.4. The number of aryl methyl sites for hydroxylation is 1. The van der Waals surface area contributed by atoms with Crippen LogP contribution >= 0.6 is 0 Å². The first-order valence-electron chi connectivity index (χ1n) is 8.10. The van der Waals surface area contributed by atoms with Crippen LogP contribution in [0.15, 0.2) is 18.2 Å². The number of likely N-dealkylation sites (tertiary alicyclic amines) is 1. The monoisotopic (exact) mass is 369 g/mol. The molecule has 0 aliphatic carbocycles. The van der Waals surface area contributed by atoms with E-state index in [2.05, 4.69) is 6.92 Å². The van der Waals surface area contributed by atoms with Crippen molar-refractivity contribution in [3.05, 3.63) is 33.9 Å². The lowest BCUT2D eigenvalue weighted by Crippen LogP contribution is -2.46. The van der Waals surface area contributed by atoms with Crippen LogP contribution in [0.5, 0.6) is 0 Å². The molecule has 1 amide bonds. The summed E-state index contributed by atoms with van der Waals surface area (Å²) in [4.78, 5) is 24.7. The number of carbonyl (C=O) groups excluding carboxylic acids is 1. The Hall–Kier alpha value is -2.16. The lowest BCUT2D eigenvalue weighted by molar-refractivity contribution is -0.384. The maximum absolute atomic E-state index is 12.6. The summed E-state index contributed by atoms with van der Waals surface area (Å²) in [6.45, 7) is 4.57. The van der Waals surface area contributed by atoms with E-state index in [4.69, 9.17) is 0 Å². The van der Waals surface area contributed by atoms with Crippen LogP contribution in [0.25, 0.3) is 0 Å². The number of nitro groups is 1. The zero-order chi connectivity index (χ0) is 18.8. The molecule has 8 nitrogen and oxygen atoms in total. The minimum absolute atomic E-state index is 0.162. The van der Waals surface area contributed by atoms with E-state index in [-0.39, 0.29) is 23.8 Å². The van der Waals surface area contributed by atoms with Crippen molar-refractivity contribution in [2.24, 2.45) is 5.92 Å². The van der Waals surface area contributed by atoms with Crippen LogP contribution in [0.4, 0.5) is 11.4 Å². The molecule has 0 N–H and O–H groups in total. The van der Waals surface area contributed by atoms with Crippen molar-refractivity contribution >= 4 is 27.3 Å². The number of nitrogens with zero attached hydrogens (tertiary/aromatic N) is 3. The van der Waals surface area contributed by atoms with Crippen molar-refractivity contribution in [2.75, 3.05) is 30.2 Å². The van der Waals surface area contributed by atoms with Crippen molar-refractivity contribution in [1.29, 1.82) is 0 Å². The molecule has 1 aliphatic heterocycles. The number of non-ortho nitro benzene ring substituents is 1. The third-order valence-electron chi connectivity index (χ3n) is 4.36. The van der Waals surface area contributed by atoms with Gasteiger partial charge < -0.3 is 4.90 Å².